The zero-order chi connectivity index (χ0) is 12.9. The van der Waals surface area contributed by atoms with E-state index in [0.717, 1.165) is 39.7 Å². The highest BCUT2D eigenvalue weighted by Crippen LogP contribution is 2.45. The smallest absolute Gasteiger partial charge is 0.165 e. The average molecular weight is 263 g/mol. The van der Waals surface area contributed by atoms with Crippen molar-refractivity contribution in [2.24, 2.45) is 5.41 Å². The van der Waals surface area contributed by atoms with E-state index in [1.54, 1.807) is 17.6 Å². The maximum Gasteiger partial charge on any atom is 0.165 e. The molecule has 4 heteroatoms. The van der Waals surface area contributed by atoms with Crippen LogP contribution < -0.4 is 0 Å². The van der Waals surface area contributed by atoms with Gasteiger partial charge in [-0.2, -0.15) is 0 Å². The van der Waals surface area contributed by atoms with E-state index in [1.807, 2.05) is 13.0 Å². The summed E-state index contributed by atoms with van der Waals surface area (Å²) in [5, 5.41) is 11.1. The first-order valence-corrected chi connectivity index (χ1v) is 7.00. The fraction of sp³-hybridized carbons (Fsp3) is 0.500. The lowest BCUT2D eigenvalue weighted by atomic mass is 9.77. The first kappa shape index (κ1) is 11.9. The van der Waals surface area contributed by atoms with Gasteiger partial charge in [0.15, 0.2) is 10.8 Å². The lowest BCUT2D eigenvalue weighted by Gasteiger charge is -2.31. The number of aliphatic hydroxyl groups is 1. The number of hydrogen-bond acceptors (Lipinski definition) is 4. The van der Waals surface area contributed by atoms with Crippen molar-refractivity contribution >= 4 is 11.3 Å². The fourth-order valence-electron chi connectivity index (χ4n) is 2.58. The predicted molar refractivity (Wildman–Crippen MR) is 71.6 cm³/mol. The van der Waals surface area contributed by atoms with Crippen molar-refractivity contribution in [3.8, 4) is 10.8 Å². The second-order valence-electron chi connectivity index (χ2n) is 5.82. The van der Waals surface area contributed by atoms with E-state index in [0.29, 0.717) is 0 Å². The zero-order valence-electron chi connectivity index (χ0n) is 10.9. The summed E-state index contributed by atoms with van der Waals surface area (Å²) in [4.78, 5) is 5.68. The number of fused-ring (bicyclic) bond motifs is 1. The zero-order valence-corrected chi connectivity index (χ0v) is 11.7. The molecule has 2 heterocycles. The van der Waals surface area contributed by atoms with Crippen LogP contribution in [0.15, 0.2) is 16.7 Å². The summed E-state index contributed by atoms with van der Waals surface area (Å²) in [6.07, 6.45) is 3.03. The number of nitrogens with zero attached hydrogens (tertiary/aromatic N) is 1. The second-order valence-corrected chi connectivity index (χ2v) is 6.85. The minimum Gasteiger partial charge on any atom is -0.462 e. The molecule has 96 valence electrons. The lowest BCUT2D eigenvalue weighted by molar-refractivity contribution is 0.102. The number of aryl methyl sites for hydroxylation is 1. The molecule has 1 N–H and O–H groups in total. The van der Waals surface area contributed by atoms with Gasteiger partial charge in [-0.25, -0.2) is 4.98 Å². The Labute approximate surface area is 110 Å². The Morgan fingerprint density at radius 3 is 2.94 bits per heavy atom. The van der Waals surface area contributed by atoms with Gasteiger partial charge in [-0.05, 0) is 36.8 Å². The summed E-state index contributed by atoms with van der Waals surface area (Å²) in [7, 11) is 0. The third-order valence-corrected chi connectivity index (χ3v) is 4.68. The van der Waals surface area contributed by atoms with Gasteiger partial charge in [0, 0.05) is 0 Å². The van der Waals surface area contributed by atoms with E-state index in [1.165, 1.54) is 0 Å². The van der Waals surface area contributed by atoms with Gasteiger partial charge in [-0.1, -0.05) is 13.8 Å². The maximum atomic E-state index is 10.2. The average Bonchev–Trinajstić information content (AvgIpc) is 2.82. The molecule has 2 aromatic rings. The molecule has 1 aliphatic rings. The number of aliphatic hydroxyl groups excluding tert-OH is 1. The molecule has 3 rings (SSSR count). The molecule has 2 aromatic heterocycles. The van der Waals surface area contributed by atoms with E-state index in [2.05, 4.69) is 18.8 Å². The number of furan rings is 1. The Bertz CT molecular complexity index is 582. The molecule has 0 saturated heterocycles. The normalized spacial score (nSPS) is 21.9. The van der Waals surface area contributed by atoms with Gasteiger partial charge in [-0.15, -0.1) is 11.3 Å². The third-order valence-electron chi connectivity index (χ3n) is 3.48. The molecule has 0 radical (unpaired) electrons. The lowest BCUT2D eigenvalue weighted by Crippen LogP contribution is -2.24. The summed E-state index contributed by atoms with van der Waals surface area (Å²) in [6.45, 7) is 6.37. The summed E-state index contributed by atoms with van der Waals surface area (Å²) >= 11 is 1.56. The number of hydrogen-bond donors (Lipinski definition) is 1. The van der Waals surface area contributed by atoms with Crippen LogP contribution in [0, 0.1) is 12.3 Å². The van der Waals surface area contributed by atoms with Gasteiger partial charge in [-0.3, -0.25) is 0 Å². The largest absolute Gasteiger partial charge is 0.462 e. The van der Waals surface area contributed by atoms with Crippen LogP contribution in [0.3, 0.4) is 0 Å². The van der Waals surface area contributed by atoms with Gasteiger partial charge < -0.3 is 9.52 Å². The first-order valence-electron chi connectivity index (χ1n) is 6.18. The standard InChI is InChI=1S/C14H17NO2S/c1-8-4-5-17-11(8)13-15-9-6-14(2,3)7-10(16)12(9)18-13/h4-5,10,16H,6-7H2,1-3H3. The van der Waals surface area contributed by atoms with Crippen molar-refractivity contribution in [2.45, 2.75) is 39.7 Å². The maximum absolute atomic E-state index is 10.2. The van der Waals surface area contributed by atoms with Crippen LogP contribution in [0.5, 0.6) is 0 Å². The molecule has 3 nitrogen and oxygen atoms in total. The molecule has 1 aliphatic carbocycles. The Morgan fingerprint density at radius 1 is 1.50 bits per heavy atom. The minimum atomic E-state index is -0.384. The second kappa shape index (κ2) is 3.93. The highest BCUT2D eigenvalue weighted by Gasteiger charge is 2.34. The molecular formula is C14H17NO2S. The molecule has 1 unspecified atom stereocenters. The van der Waals surface area contributed by atoms with Gasteiger partial charge in [0.25, 0.3) is 0 Å². The van der Waals surface area contributed by atoms with E-state index >= 15 is 0 Å². The minimum absolute atomic E-state index is 0.121. The van der Waals surface area contributed by atoms with E-state index in [-0.39, 0.29) is 11.5 Å². The molecule has 0 saturated carbocycles. The quantitative estimate of drug-likeness (QED) is 0.853. The van der Waals surface area contributed by atoms with Crippen LogP contribution in [0.4, 0.5) is 0 Å². The van der Waals surface area contributed by atoms with E-state index < -0.39 is 0 Å². The topological polar surface area (TPSA) is 46.3 Å². The molecular weight excluding hydrogens is 246 g/mol. The Kier molecular flexibility index (Phi) is 2.61. The highest BCUT2D eigenvalue weighted by molar-refractivity contribution is 7.15. The van der Waals surface area contributed by atoms with Crippen LogP contribution in [0.1, 0.15) is 42.5 Å². The molecule has 0 spiro atoms. The molecule has 18 heavy (non-hydrogen) atoms. The van der Waals surface area contributed by atoms with E-state index in [4.69, 9.17) is 4.42 Å². The molecule has 0 fully saturated rings. The van der Waals surface area contributed by atoms with Crippen molar-refractivity contribution in [2.75, 3.05) is 0 Å². The summed E-state index contributed by atoms with van der Waals surface area (Å²) in [6, 6.07) is 1.94. The summed E-state index contributed by atoms with van der Waals surface area (Å²) in [5.41, 5.74) is 2.25. The Balaban J connectivity index is 2.06. The van der Waals surface area contributed by atoms with Crippen LogP contribution in [-0.2, 0) is 6.42 Å². The molecule has 0 aliphatic heterocycles. The van der Waals surface area contributed by atoms with Gasteiger partial charge in [0.05, 0.1) is 22.9 Å². The van der Waals surface area contributed by atoms with Gasteiger partial charge in [0.2, 0.25) is 0 Å². The molecule has 1 atom stereocenters. The first-order chi connectivity index (χ1) is 8.46. The Morgan fingerprint density at radius 2 is 2.28 bits per heavy atom. The van der Waals surface area contributed by atoms with Gasteiger partial charge in [0.1, 0.15) is 0 Å². The van der Waals surface area contributed by atoms with Crippen molar-refractivity contribution in [1.82, 2.24) is 4.98 Å². The van der Waals surface area contributed by atoms with Crippen molar-refractivity contribution in [3.05, 3.63) is 28.5 Å². The molecule has 0 bridgehead atoms. The van der Waals surface area contributed by atoms with E-state index in [9.17, 15) is 5.11 Å². The Hall–Kier alpha value is -1.13. The third kappa shape index (κ3) is 1.89. The van der Waals surface area contributed by atoms with Crippen LogP contribution in [0.2, 0.25) is 0 Å². The molecule has 0 aromatic carbocycles. The monoisotopic (exact) mass is 263 g/mol. The van der Waals surface area contributed by atoms with Crippen molar-refractivity contribution in [3.63, 3.8) is 0 Å². The number of aromatic nitrogens is 1. The number of rotatable bonds is 1. The van der Waals surface area contributed by atoms with Gasteiger partial charge >= 0.3 is 0 Å². The predicted octanol–water partition coefficient (Wildman–Crippen LogP) is 3.72. The van der Waals surface area contributed by atoms with Crippen LogP contribution in [-0.4, -0.2) is 10.1 Å². The van der Waals surface area contributed by atoms with Crippen molar-refractivity contribution in [1.29, 1.82) is 0 Å². The van der Waals surface area contributed by atoms with Crippen molar-refractivity contribution < 1.29 is 9.52 Å². The van der Waals surface area contributed by atoms with Crippen LogP contribution in [0.25, 0.3) is 10.8 Å². The molecule has 0 amide bonds. The SMILES string of the molecule is Cc1ccoc1-c1nc2c(s1)C(O)CC(C)(C)C2. The summed E-state index contributed by atoms with van der Waals surface area (Å²) < 4.78 is 5.48. The van der Waals surface area contributed by atoms with Crippen LogP contribution >= 0.6 is 11.3 Å². The number of thiazole rings is 1. The fourth-order valence-corrected chi connectivity index (χ4v) is 3.70. The summed E-state index contributed by atoms with van der Waals surface area (Å²) in [5.74, 6) is 0.833. The highest BCUT2D eigenvalue weighted by atomic mass is 32.1.